The molecule has 0 aromatic rings. The Morgan fingerprint density at radius 1 is 1.40 bits per heavy atom. The van der Waals surface area contributed by atoms with Crippen molar-refractivity contribution in [1.82, 2.24) is 10.2 Å². The number of nitrogens with one attached hydrogen (secondary N) is 1. The first-order valence-corrected chi connectivity index (χ1v) is 7.41. The van der Waals surface area contributed by atoms with Gasteiger partial charge in [0.2, 0.25) is 0 Å². The fraction of sp³-hybridized carbons (Fsp3) is 0.562. The zero-order chi connectivity index (χ0) is 19.2. The molecule has 138 valence electrons. The molecule has 25 heavy (non-hydrogen) atoms. The van der Waals surface area contributed by atoms with Crippen molar-refractivity contribution in [1.29, 1.82) is 0 Å². The van der Waals surface area contributed by atoms with E-state index in [2.05, 4.69) is 11.2 Å². The van der Waals surface area contributed by atoms with Crippen molar-refractivity contribution < 1.29 is 31.9 Å². The molecule has 1 fully saturated rings. The topological polar surface area (TPSA) is 52.6 Å². The number of terminal acetylenes is 1. The van der Waals surface area contributed by atoms with Crippen LogP contribution in [0, 0.1) is 12.3 Å². The maximum Gasteiger partial charge on any atom is 0.417 e. The van der Waals surface area contributed by atoms with Crippen LogP contribution in [0.25, 0.3) is 0 Å². The van der Waals surface area contributed by atoms with Crippen molar-refractivity contribution in [3.63, 3.8) is 0 Å². The number of alkyl halides is 5. The molecule has 1 unspecified atom stereocenters. The van der Waals surface area contributed by atoms with E-state index in [1.54, 1.807) is 0 Å². The van der Waals surface area contributed by atoms with Gasteiger partial charge in [-0.3, -0.25) is 5.32 Å². The molecule has 0 radical (unpaired) electrons. The monoisotopic (exact) mass is 364 g/mol. The molecule has 2 rings (SSSR count). The number of allylic oxidation sites excluding steroid dienone is 2. The van der Waals surface area contributed by atoms with E-state index in [1.807, 2.05) is 0 Å². The highest BCUT2D eigenvalue weighted by molar-refractivity contribution is 5.89. The summed E-state index contributed by atoms with van der Waals surface area (Å²) >= 11 is 0. The Kier molecular flexibility index (Phi) is 4.63. The third kappa shape index (κ3) is 3.95. The van der Waals surface area contributed by atoms with E-state index in [-0.39, 0.29) is 0 Å². The van der Waals surface area contributed by atoms with Crippen LogP contribution in [0.15, 0.2) is 23.4 Å². The number of hydrogen-bond acceptors (Lipinski definition) is 3. The zero-order valence-electron chi connectivity index (χ0n) is 13.5. The highest BCUT2D eigenvalue weighted by Crippen LogP contribution is 2.40. The predicted molar refractivity (Wildman–Crippen MR) is 79.5 cm³/mol. The fourth-order valence-corrected chi connectivity index (χ4v) is 2.72. The summed E-state index contributed by atoms with van der Waals surface area (Å²) in [6.45, 7) is 2.87. The average molecular weight is 364 g/mol. The lowest BCUT2D eigenvalue weighted by molar-refractivity contribution is -0.134. The van der Waals surface area contributed by atoms with Gasteiger partial charge in [0.05, 0.1) is 16.7 Å². The molecule has 0 aromatic carbocycles. The van der Waals surface area contributed by atoms with Gasteiger partial charge in [-0.1, -0.05) is 5.92 Å². The summed E-state index contributed by atoms with van der Waals surface area (Å²) in [5.41, 5.74) is -3.06. The molecule has 1 aliphatic heterocycles. The summed E-state index contributed by atoms with van der Waals surface area (Å²) in [6.07, 6.45) is -0.466. The first-order valence-electron chi connectivity index (χ1n) is 7.41. The minimum atomic E-state index is -4.78. The average Bonchev–Trinajstić information content (AvgIpc) is 2.43. The number of carbonyl (C=O) groups is 1. The molecule has 2 N–H and O–H groups in total. The molecule has 0 amide bonds. The smallest absolute Gasteiger partial charge is 0.417 e. The van der Waals surface area contributed by atoms with E-state index in [1.165, 1.54) is 13.8 Å². The van der Waals surface area contributed by atoms with Crippen molar-refractivity contribution >= 4 is 5.97 Å². The lowest BCUT2D eigenvalue weighted by Gasteiger charge is -2.46. The first-order chi connectivity index (χ1) is 11.3. The summed E-state index contributed by atoms with van der Waals surface area (Å²) in [6, 6.07) is -0.723. The molecule has 1 heterocycles. The second-order valence-corrected chi connectivity index (χ2v) is 6.63. The van der Waals surface area contributed by atoms with E-state index >= 15 is 0 Å². The molecule has 0 bridgehead atoms. The van der Waals surface area contributed by atoms with E-state index in [4.69, 9.17) is 6.42 Å². The van der Waals surface area contributed by atoms with Gasteiger partial charge in [-0.2, -0.15) is 13.2 Å². The van der Waals surface area contributed by atoms with Crippen molar-refractivity contribution in [2.24, 2.45) is 0 Å². The van der Waals surface area contributed by atoms with Gasteiger partial charge in [0.15, 0.2) is 0 Å². The normalized spacial score (nSPS) is 24.1. The maximum atomic E-state index is 13.1. The number of rotatable bonds is 4. The Balaban J connectivity index is 2.42. The van der Waals surface area contributed by atoms with Gasteiger partial charge in [0, 0.05) is 25.1 Å². The Bertz CT molecular complexity index is 665. The van der Waals surface area contributed by atoms with Gasteiger partial charge in [0.25, 0.3) is 5.92 Å². The summed E-state index contributed by atoms with van der Waals surface area (Å²) in [5.74, 6) is -2.15. The van der Waals surface area contributed by atoms with Crippen LogP contribution in [0.4, 0.5) is 22.0 Å². The van der Waals surface area contributed by atoms with E-state index in [9.17, 15) is 31.9 Å². The molecule has 1 saturated carbocycles. The largest absolute Gasteiger partial charge is 0.478 e. The minimum absolute atomic E-state index is 0.500. The van der Waals surface area contributed by atoms with Gasteiger partial charge in [0.1, 0.15) is 6.17 Å². The van der Waals surface area contributed by atoms with Crippen LogP contribution in [-0.2, 0) is 4.79 Å². The molecular weight excluding hydrogens is 347 g/mol. The lowest BCUT2D eigenvalue weighted by Crippen LogP contribution is -2.61. The lowest BCUT2D eigenvalue weighted by atomic mass is 9.87. The second-order valence-electron chi connectivity index (χ2n) is 6.63. The number of hydrogen-bond donors (Lipinski definition) is 2. The maximum absolute atomic E-state index is 13.1. The van der Waals surface area contributed by atoms with Crippen LogP contribution >= 0.6 is 0 Å². The molecule has 1 aliphatic carbocycles. The van der Waals surface area contributed by atoms with Crippen LogP contribution in [0.2, 0.25) is 0 Å². The molecule has 0 spiro atoms. The van der Waals surface area contributed by atoms with Crippen LogP contribution in [0.3, 0.4) is 0 Å². The summed E-state index contributed by atoms with van der Waals surface area (Å²) in [5, 5.41) is 12.0. The molecule has 1 atom stereocenters. The third-order valence-electron chi connectivity index (χ3n) is 4.22. The van der Waals surface area contributed by atoms with E-state index < -0.39 is 59.8 Å². The van der Waals surface area contributed by atoms with Gasteiger partial charge >= 0.3 is 12.1 Å². The highest BCUT2D eigenvalue weighted by atomic mass is 19.4. The number of aliphatic carboxylic acids is 1. The number of carboxylic acids is 1. The van der Waals surface area contributed by atoms with Gasteiger partial charge < -0.3 is 10.0 Å². The fourth-order valence-electron chi connectivity index (χ4n) is 2.72. The molecular formula is C16H17F5N2O2. The number of carboxylic acid groups (broad SMARTS) is 1. The molecule has 4 nitrogen and oxygen atoms in total. The third-order valence-corrected chi connectivity index (χ3v) is 4.22. The van der Waals surface area contributed by atoms with E-state index in [0.29, 0.717) is 6.08 Å². The van der Waals surface area contributed by atoms with Crippen molar-refractivity contribution in [2.45, 2.75) is 56.5 Å². The Morgan fingerprint density at radius 2 is 1.96 bits per heavy atom. The first kappa shape index (κ1) is 19.2. The van der Waals surface area contributed by atoms with Crippen LogP contribution < -0.4 is 5.32 Å². The molecule has 0 aromatic heterocycles. The van der Waals surface area contributed by atoms with Crippen molar-refractivity contribution in [3.05, 3.63) is 23.4 Å². The standard InChI is InChI=1S/C16H17F5N2O2/c1-4-14(2,3)23-8-9(16(19,20)21)5-11(13(24)25)12(23)22-10-6-15(17,18)7-10/h1,5,8,10,12,22H,6-7H2,2-3H3,(H,24,25). The van der Waals surface area contributed by atoms with Gasteiger partial charge in [-0.05, 0) is 19.9 Å². The van der Waals surface area contributed by atoms with Gasteiger partial charge in [-0.25, -0.2) is 13.6 Å². The molecule has 0 saturated heterocycles. The van der Waals surface area contributed by atoms with E-state index in [0.717, 1.165) is 11.1 Å². The quantitative estimate of drug-likeness (QED) is 0.595. The van der Waals surface area contributed by atoms with Crippen LogP contribution in [0.5, 0.6) is 0 Å². The Labute approximate surface area is 141 Å². The van der Waals surface area contributed by atoms with Crippen LogP contribution in [-0.4, -0.2) is 45.8 Å². The Hall–Kier alpha value is -2.08. The summed E-state index contributed by atoms with van der Waals surface area (Å²) < 4.78 is 65.4. The molecule has 2 aliphatic rings. The number of nitrogens with zero attached hydrogens (tertiary/aromatic N) is 1. The number of halogens is 5. The summed E-state index contributed by atoms with van der Waals surface area (Å²) in [7, 11) is 0. The second kappa shape index (κ2) is 6.02. The van der Waals surface area contributed by atoms with Crippen molar-refractivity contribution in [3.8, 4) is 12.3 Å². The molecule has 9 heteroatoms. The van der Waals surface area contributed by atoms with Crippen molar-refractivity contribution in [2.75, 3.05) is 0 Å². The Morgan fingerprint density at radius 3 is 2.36 bits per heavy atom. The summed E-state index contributed by atoms with van der Waals surface area (Å²) in [4.78, 5) is 12.5. The zero-order valence-corrected chi connectivity index (χ0v) is 13.5. The highest BCUT2D eigenvalue weighted by Gasteiger charge is 2.49. The van der Waals surface area contributed by atoms with Crippen LogP contribution in [0.1, 0.15) is 26.7 Å². The SMILES string of the molecule is C#CC(C)(C)N1C=C(C(F)(F)F)C=C(C(=O)O)C1NC1CC(F)(F)C1. The predicted octanol–water partition coefficient (Wildman–Crippen LogP) is 2.88. The van der Waals surface area contributed by atoms with Gasteiger partial charge in [-0.15, -0.1) is 6.42 Å². The minimum Gasteiger partial charge on any atom is -0.478 e.